The van der Waals surface area contributed by atoms with Gasteiger partial charge in [0.05, 0.1) is 4.90 Å². The lowest BCUT2D eigenvalue weighted by atomic mass is 10.3. The summed E-state index contributed by atoms with van der Waals surface area (Å²) in [6, 6.07) is 7.17. The van der Waals surface area contributed by atoms with Crippen LogP contribution in [0.3, 0.4) is 0 Å². The lowest BCUT2D eigenvalue weighted by Crippen LogP contribution is -2.38. The van der Waals surface area contributed by atoms with Gasteiger partial charge in [-0.1, -0.05) is 6.07 Å². The third-order valence-electron chi connectivity index (χ3n) is 3.27. The minimum absolute atomic E-state index is 0.0629. The predicted molar refractivity (Wildman–Crippen MR) is 74.4 cm³/mol. The fourth-order valence-electron chi connectivity index (χ4n) is 2.07. The van der Waals surface area contributed by atoms with Gasteiger partial charge in [0.25, 0.3) is 0 Å². The second kappa shape index (κ2) is 5.61. The van der Waals surface area contributed by atoms with E-state index in [1.54, 1.807) is 37.0 Å². The van der Waals surface area contributed by atoms with Crippen molar-refractivity contribution < 1.29 is 8.42 Å². The van der Waals surface area contributed by atoms with E-state index >= 15 is 0 Å². The fourth-order valence-corrected chi connectivity index (χ4v) is 4.04. The van der Waals surface area contributed by atoms with Gasteiger partial charge in [-0.2, -0.15) is 4.31 Å². The summed E-state index contributed by atoms with van der Waals surface area (Å²) in [5, 5.41) is 3.19. The Labute approximate surface area is 113 Å². The highest BCUT2D eigenvalue weighted by molar-refractivity contribution is 7.98. The molecule has 0 aromatic heterocycles. The van der Waals surface area contributed by atoms with E-state index in [4.69, 9.17) is 0 Å². The molecule has 6 heteroatoms. The molecule has 0 bridgehead atoms. The van der Waals surface area contributed by atoms with Crippen LogP contribution >= 0.6 is 11.8 Å². The Morgan fingerprint density at radius 2 is 2.22 bits per heavy atom. The highest BCUT2D eigenvalue weighted by Gasteiger charge is 2.29. The van der Waals surface area contributed by atoms with E-state index in [-0.39, 0.29) is 6.04 Å². The number of benzene rings is 1. The van der Waals surface area contributed by atoms with Crippen LogP contribution in [0.4, 0.5) is 0 Å². The number of hydrogen-bond acceptors (Lipinski definition) is 4. The quantitative estimate of drug-likeness (QED) is 0.850. The van der Waals surface area contributed by atoms with E-state index in [0.717, 1.165) is 24.4 Å². The van der Waals surface area contributed by atoms with Crippen molar-refractivity contribution in [2.75, 3.05) is 26.4 Å². The Kier molecular flexibility index (Phi) is 4.32. The highest BCUT2D eigenvalue weighted by atomic mass is 32.2. The second-order valence-electron chi connectivity index (χ2n) is 4.35. The maximum absolute atomic E-state index is 12.5. The lowest BCUT2D eigenvalue weighted by molar-refractivity contribution is 0.387. The maximum atomic E-state index is 12.5. The first-order valence-electron chi connectivity index (χ1n) is 5.88. The van der Waals surface area contributed by atoms with Crippen LogP contribution in [0.2, 0.25) is 0 Å². The first-order valence-corrected chi connectivity index (χ1v) is 8.55. The molecule has 1 aliphatic rings. The average molecular weight is 286 g/mol. The van der Waals surface area contributed by atoms with E-state index < -0.39 is 10.0 Å². The van der Waals surface area contributed by atoms with Crippen molar-refractivity contribution in [3.8, 4) is 0 Å². The van der Waals surface area contributed by atoms with Gasteiger partial charge in [-0.15, -0.1) is 11.8 Å². The molecule has 1 N–H and O–H groups in total. The number of nitrogens with zero attached hydrogens (tertiary/aromatic N) is 1. The summed E-state index contributed by atoms with van der Waals surface area (Å²) in [6.45, 7) is 1.62. The number of thioether (sulfide) groups is 1. The smallest absolute Gasteiger partial charge is 0.243 e. The zero-order valence-corrected chi connectivity index (χ0v) is 12.2. The molecule has 0 saturated carbocycles. The molecule has 1 heterocycles. The Morgan fingerprint density at radius 1 is 1.44 bits per heavy atom. The predicted octanol–water partition coefficient (Wildman–Crippen LogP) is 1.39. The minimum Gasteiger partial charge on any atom is -0.315 e. The van der Waals surface area contributed by atoms with Gasteiger partial charge in [-0.25, -0.2) is 8.42 Å². The zero-order chi connectivity index (χ0) is 13.2. The molecule has 0 amide bonds. The standard InChI is InChI=1S/C12H18N2O2S2/c1-14(10-6-7-13-9-10)18(15,16)12-5-3-4-11(8-12)17-2/h3-5,8,10,13H,6-7,9H2,1-2H3. The Morgan fingerprint density at radius 3 is 2.83 bits per heavy atom. The molecule has 0 spiro atoms. The van der Waals surface area contributed by atoms with Crippen molar-refractivity contribution in [2.24, 2.45) is 0 Å². The summed E-state index contributed by atoms with van der Waals surface area (Å²) < 4.78 is 26.4. The number of likely N-dealkylation sites (N-methyl/N-ethyl adjacent to an activating group) is 1. The monoisotopic (exact) mass is 286 g/mol. The largest absolute Gasteiger partial charge is 0.315 e. The molecule has 1 atom stereocenters. The van der Waals surface area contributed by atoms with Gasteiger partial charge in [0.1, 0.15) is 0 Å². The molecule has 1 aliphatic heterocycles. The van der Waals surface area contributed by atoms with Gasteiger partial charge < -0.3 is 5.32 Å². The fraction of sp³-hybridized carbons (Fsp3) is 0.500. The number of nitrogens with one attached hydrogen (secondary N) is 1. The van der Waals surface area contributed by atoms with Gasteiger partial charge in [0, 0.05) is 24.5 Å². The van der Waals surface area contributed by atoms with E-state index in [1.807, 2.05) is 12.3 Å². The van der Waals surface area contributed by atoms with Gasteiger partial charge in [-0.05, 0) is 37.4 Å². The SMILES string of the molecule is CSc1cccc(S(=O)(=O)N(C)C2CCNC2)c1. The van der Waals surface area contributed by atoms with Crippen molar-refractivity contribution in [3.63, 3.8) is 0 Å². The van der Waals surface area contributed by atoms with Gasteiger partial charge in [0.15, 0.2) is 0 Å². The highest BCUT2D eigenvalue weighted by Crippen LogP contribution is 2.23. The topological polar surface area (TPSA) is 49.4 Å². The zero-order valence-electron chi connectivity index (χ0n) is 10.6. The maximum Gasteiger partial charge on any atom is 0.243 e. The second-order valence-corrected chi connectivity index (χ2v) is 7.22. The molecule has 0 aliphatic carbocycles. The molecule has 4 nitrogen and oxygen atoms in total. The molecule has 0 radical (unpaired) electrons. The van der Waals surface area contributed by atoms with Crippen molar-refractivity contribution in [3.05, 3.63) is 24.3 Å². The first kappa shape index (κ1) is 13.9. The molecular formula is C12H18N2O2S2. The molecule has 1 aromatic rings. The van der Waals surface area contributed by atoms with E-state index in [0.29, 0.717) is 4.90 Å². The van der Waals surface area contributed by atoms with Gasteiger partial charge in [-0.3, -0.25) is 0 Å². The van der Waals surface area contributed by atoms with E-state index in [2.05, 4.69) is 5.32 Å². The molecule has 18 heavy (non-hydrogen) atoms. The van der Waals surface area contributed by atoms with E-state index in [1.165, 1.54) is 4.31 Å². The molecule has 1 aromatic carbocycles. The summed E-state index contributed by atoms with van der Waals surface area (Å²) >= 11 is 1.55. The van der Waals surface area contributed by atoms with Crippen LogP contribution in [0.25, 0.3) is 0 Å². The average Bonchev–Trinajstić information content (AvgIpc) is 2.91. The first-order chi connectivity index (χ1) is 8.55. The molecule has 1 saturated heterocycles. The van der Waals surface area contributed by atoms with Gasteiger partial charge >= 0.3 is 0 Å². The van der Waals surface area contributed by atoms with Crippen LogP contribution in [-0.2, 0) is 10.0 Å². The molecule has 1 unspecified atom stereocenters. The Hall–Kier alpha value is -0.560. The Balaban J connectivity index is 2.28. The summed E-state index contributed by atoms with van der Waals surface area (Å²) in [4.78, 5) is 1.35. The van der Waals surface area contributed by atoms with Crippen LogP contribution in [-0.4, -0.2) is 45.2 Å². The normalized spacial score (nSPS) is 20.5. The van der Waals surface area contributed by atoms with Crippen LogP contribution in [0.15, 0.2) is 34.1 Å². The number of sulfonamides is 1. The van der Waals surface area contributed by atoms with Crippen molar-refractivity contribution in [2.45, 2.75) is 22.3 Å². The van der Waals surface area contributed by atoms with E-state index in [9.17, 15) is 8.42 Å². The third-order valence-corrected chi connectivity index (χ3v) is 5.90. The van der Waals surface area contributed by atoms with Crippen LogP contribution in [0.5, 0.6) is 0 Å². The van der Waals surface area contributed by atoms with Gasteiger partial charge in [0.2, 0.25) is 10.0 Å². The Bertz CT molecular complexity index is 511. The van der Waals surface area contributed by atoms with Crippen LogP contribution < -0.4 is 5.32 Å². The molecule has 2 rings (SSSR count). The van der Waals surface area contributed by atoms with Crippen molar-refractivity contribution >= 4 is 21.8 Å². The van der Waals surface area contributed by atoms with Crippen LogP contribution in [0, 0.1) is 0 Å². The minimum atomic E-state index is -3.37. The van der Waals surface area contributed by atoms with Crippen molar-refractivity contribution in [1.29, 1.82) is 0 Å². The molecular weight excluding hydrogens is 268 g/mol. The summed E-state index contributed by atoms with van der Waals surface area (Å²) in [5.74, 6) is 0. The third kappa shape index (κ3) is 2.71. The summed E-state index contributed by atoms with van der Waals surface area (Å²) in [7, 11) is -1.71. The lowest BCUT2D eigenvalue weighted by Gasteiger charge is -2.23. The summed E-state index contributed by atoms with van der Waals surface area (Å²) in [5.41, 5.74) is 0. The van der Waals surface area contributed by atoms with Crippen LogP contribution in [0.1, 0.15) is 6.42 Å². The molecule has 100 valence electrons. The number of hydrogen-bond donors (Lipinski definition) is 1. The summed E-state index contributed by atoms with van der Waals surface area (Å²) in [6.07, 6.45) is 2.81. The molecule has 1 fully saturated rings. The van der Waals surface area contributed by atoms with Crippen molar-refractivity contribution in [1.82, 2.24) is 9.62 Å². The number of rotatable bonds is 4.